The molecule has 0 aromatic heterocycles. The van der Waals surface area contributed by atoms with Crippen molar-refractivity contribution < 1.29 is 37.5 Å². The molecule has 0 amide bonds. The molecule has 0 bridgehead atoms. The van der Waals surface area contributed by atoms with Crippen LogP contribution >= 0.6 is 7.82 Å². The van der Waals surface area contributed by atoms with Gasteiger partial charge in [-0.05, 0) is 41.5 Å². The Labute approximate surface area is 167 Å². The monoisotopic (exact) mass is 425 g/mol. The van der Waals surface area contributed by atoms with Gasteiger partial charge in [0, 0.05) is 12.8 Å². The summed E-state index contributed by atoms with van der Waals surface area (Å²) in [5.74, 6) is 0. The molecule has 2 aliphatic rings. The molecule has 3 N–H and O–H groups in total. The van der Waals surface area contributed by atoms with Crippen molar-refractivity contribution in [3.8, 4) is 0 Å². The molecule has 0 aliphatic carbocycles. The number of hydrogen-bond acceptors (Lipinski definition) is 8. The zero-order valence-corrected chi connectivity index (χ0v) is 18.6. The summed E-state index contributed by atoms with van der Waals surface area (Å²) in [4.78, 5) is 10.2. The summed E-state index contributed by atoms with van der Waals surface area (Å²) in [7, 11) is -4.38. The van der Waals surface area contributed by atoms with Gasteiger partial charge in [0.05, 0.1) is 43.7 Å². The lowest BCUT2D eigenvalue weighted by Gasteiger charge is -2.31. The van der Waals surface area contributed by atoms with Crippen LogP contribution in [0.4, 0.5) is 0 Å². The van der Waals surface area contributed by atoms with Crippen molar-refractivity contribution in [2.45, 2.75) is 103 Å². The Morgan fingerprint density at radius 2 is 1.86 bits per heavy atom. The highest BCUT2D eigenvalue weighted by molar-refractivity contribution is 7.47. The van der Waals surface area contributed by atoms with E-state index >= 15 is 0 Å². The van der Waals surface area contributed by atoms with Gasteiger partial charge < -0.3 is 23.8 Å². The molecule has 2 aliphatic heterocycles. The number of hydrogen-bond donors (Lipinski definition) is 2. The van der Waals surface area contributed by atoms with Crippen LogP contribution in [0.2, 0.25) is 0 Å². The van der Waals surface area contributed by atoms with Crippen LogP contribution in [0.3, 0.4) is 0 Å². The zero-order valence-electron chi connectivity index (χ0n) is 17.7. The summed E-state index contributed by atoms with van der Waals surface area (Å²) in [6, 6.07) is 0. The molecule has 2 fully saturated rings. The minimum Gasteiger partial charge on any atom is -0.374 e. The van der Waals surface area contributed by atoms with Gasteiger partial charge in [0.15, 0.2) is 5.72 Å². The second-order valence-corrected chi connectivity index (χ2v) is 9.69. The molecule has 166 valence electrons. The summed E-state index contributed by atoms with van der Waals surface area (Å²) >= 11 is 0. The highest BCUT2D eigenvalue weighted by atomic mass is 31.2. The van der Waals surface area contributed by atoms with E-state index in [4.69, 9.17) is 33.7 Å². The lowest BCUT2D eigenvalue weighted by Crippen LogP contribution is -2.53. The topological polar surface area (TPSA) is 119 Å². The first kappa shape index (κ1) is 24.2. The Kier molecular flexibility index (Phi) is 8.47. The van der Waals surface area contributed by atoms with Gasteiger partial charge in [0.1, 0.15) is 12.2 Å². The Morgan fingerprint density at radius 3 is 2.46 bits per heavy atom. The Morgan fingerprint density at radius 1 is 1.18 bits per heavy atom. The van der Waals surface area contributed by atoms with Crippen LogP contribution < -0.4 is 5.73 Å². The SMILES string of the molecule is CC(C)OC[C@@]1(N)O[C@@H](C)CC1OP(=O)(O)OC[C@H]1O[C@@H](C)CC1OC(C)C. The number of rotatable bonds is 10. The predicted octanol–water partition coefficient (Wildman–Crippen LogP) is 2.35. The van der Waals surface area contributed by atoms with Crippen molar-refractivity contribution in [3.63, 3.8) is 0 Å². The molecule has 9 nitrogen and oxygen atoms in total. The highest BCUT2D eigenvalue weighted by Gasteiger charge is 2.49. The van der Waals surface area contributed by atoms with E-state index in [1.54, 1.807) is 0 Å². The molecule has 0 aromatic carbocycles. The molecular weight excluding hydrogens is 389 g/mol. The summed E-state index contributed by atoms with van der Waals surface area (Å²) in [6.45, 7) is 11.3. The molecule has 2 rings (SSSR count). The first-order valence-electron chi connectivity index (χ1n) is 9.95. The van der Waals surface area contributed by atoms with Gasteiger partial charge >= 0.3 is 7.82 Å². The third kappa shape index (κ3) is 7.00. The van der Waals surface area contributed by atoms with Gasteiger partial charge in [-0.3, -0.25) is 14.8 Å². The number of phosphoric acid groups is 1. The van der Waals surface area contributed by atoms with Crippen LogP contribution in [0, 0.1) is 0 Å². The van der Waals surface area contributed by atoms with Gasteiger partial charge in [-0.2, -0.15) is 0 Å². The van der Waals surface area contributed by atoms with Crippen molar-refractivity contribution in [2.75, 3.05) is 13.2 Å². The van der Waals surface area contributed by atoms with Crippen molar-refractivity contribution in [3.05, 3.63) is 0 Å². The van der Waals surface area contributed by atoms with Crippen LogP contribution in [0.25, 0.3) is 0 Å². The molecule has 0 aromatic rings. The average Bonchev–Trinajstić information content (AvgIpc) is 3.02. The van der Waals surface area contributed by atoms with Gasteiger partial charge in [-0.1, -0.05) is 0 Å². The lowest BCUT2D eigenvalue weighted by molar-refractivity contribution is -0.128. The molecular formula is C18H36NO8P. The van der Waals surface area contributed by atoms with E-state index in [9.17, 15) is 9.46 Å². The molecule has 0 saturated carbocycles. The van der Waals surface area contributed by atoms with Crippen LogP contribution in [0.15, 0.2) is 0 Å². The fourth-order valence-electron chi connectivity index (χ4n) is 3.47. The van der Waals surface area contributed by atoms with E-state index in [0.717, 1.165) is 0 Å². The number of nitrogens with two attached hydrogens (primary N) is 1. The quantitative estimate of drug-likeness (QED) is 0.508. The first-order chi connectivity index (χ1) is 12.9. The van der Waals surface area contributed by atoms with Gasteiger partial charge in [0.2, 0.25) is 0 Å². The third-order valence-corrected chi connectivity index (χ3v) is 5.65. The second kappa shape index (κ2) is 9.81. The van der Waals surface area contributed by atoms with Crippen LogP contribution in [0.5, 0.6) is 0 Å². The normalized spacial score (nSPS) is 38.4. The summed E-state index contributed by atoms with van der Waals surface area (Å²) in [6.07, 6.45) is -0.671. The molecule has 0 radical (unpaired) electrons. The fourth-order valence-corrected chi connectivity index (χ4v) is 4.46. The summed E-state index contributed by atoms with van der Waals surface area (Å²) in [5, 5.41) is 0. The molecule has 3 unspecified atom stereocenters. The van der Waals surface area contributed by atoms with Crippen molar-refractivity contribution in [1.82, 2.24) is 0 Å². The molecule has 7 atom stereocenters. The minimum absolute atomic E-state index is 0.00898. The van der Waals surface area contributed by atoms with Crippen LogP contribution in [-0.4, -0.2) is 66.6 Å². The number of phosphoric ester groups is 1. The molecule has 28 heavy (non-hydrogen) atoms. The summed E-state index contributed by atoms with van der Waals surface area (Å²) in [5.41, 5.74) is 4.95. The molecule has 0 spiro atoms. The second-order valence-electron chi connectivity index (χ2n) is 8.28. The largest absolute Gasteiger partial charge is 0.472 e. The van der Waals surface area contributed by atoms with E-state index in [1.807, 2.05) is 41.5 Å². The van der Waals surface area contributed by atoms with E-state index in [-0.39, 0.29) is 43.7 Å². The van der Waals surface area contributed by atoms with Gasteiger partial charge in [-0.25, -0.2) is 4.57 Å². The maximum absolute atomic E-state index is 12.5. The standard InChI is InChI=1S/C18H36NO8P/c1-11(2)22-10-18(19)17(8-14(6)26-18)27-28(20,21)23-9-16-15(24-12(3)4)7-13(5)25-16/h11-17H,7-10,19H2,1-6H3,(H,20,21)/t13-,14-,15?,16+,17?,18+/m0/s1. The van der Waals surface area contributed by atoms with Crippen molar-refractivity contribution in [1.29, 1.82) is 0 Å². The lowest BCUT2D eigenvalue weighted by atomic mass is 10.1. The third-order valence-electron chi connectivity index (χ3n) is 4.65. The molecule has 2 heterocycles. The molecule has 10 heteroatoms. The minimum atomic E-state index is -4.38. The van der Waals surface area contributed by atoms with E-state index in [2.05, 4.69) is 0 Å². The summed E-state index contributed by atoms with van der Waals surface area (Å²) < 4.78 is 46.0. The zero-order chi connectivity index (χ0) is 21.1. The van der Waals surface area contributed by atoms with Gasteiger partial charge in [-0.15, -0.1) is 0 Å². The Hall–Kier alpha value is -0.0900. The van der Waals surface area contributed by atoms with E-state index in [0.29, 0.717) is 12.8 Å². The predicted molar refractivity (Wildman–Crippen MR) is 103 cm³/mol. The van der Waals surface area contributed by atoms with Crippen LogP contribution in [-0.2, 0) is 32.6 Å². The van der Waals surface area contributed by atoms with Crippen LogP contribution in [0.1, 0.15) is 54.4 Å². The van der Waals surface area contributed by atoms with Crippen molar-refractivity contribution in [2.24, 2.45) is 5.73 Å². The van der Waals surface area contributed by atoms with Crippen molar-refractivity contribution >= 4 is 7.82 Å². The maximum Gasteiger partial charge on any atom is 0.472 e. The first-order valence-corrected chi connectivity index (χ1v) is 11.4. The smallest absolute Gasteiger partial charge is 0.374 e. The van der Waals surface area contributed by atoms with Gasteiger partial charge in [0.25, 0.3) is 0 Å². The maximum atomic E-state index is 12.5. The number of ether oxygens (including phenoxy) is 4. The fraction of sp³-hybridized carbons (Fsp3) is 1.00. The highest BCUT2D eigenvalue weighted by Crippen LogP contribution is 2.49. The average molecular weight is 425 g/mol. The Bertz CT molecular complexity index is 548. The Balaban J connectivity index is 1.93. The molecule has 2 saturated heterocycles. The van der Waals surface area contributed by atoms with E-state index in [1.165, 1.54) is 0 Å². The van der Waals surface area contributed by atoms with E-state index < -0.39 is 25.8 Å².